The zero-order valence-electron chi connectivity index (χ0n) is 14.6. The SMILES string of the molecule is CC(C)(C)n1cc(C#N)c2c1NC(=O)C[C@@]21C(=O)Nc2ccc(Cl)cc21. The normalized spacial score (nSPS) is 21.0. The van der Waals surface area contributed by atoms with Gasteiger partial charge in [-0.1, -0.05) is 11.6 Å². The van der Waals surface area contributed by atoms with Gasteiger partial charge in [-0.2, -0.15) is 5.26 Å². The molecule has 0 saturated carbocycles. The Bertz CT molecular complexity index is 1030. The highest BCUT2D eigenvalue weighted by Gasteiger charge is 2.55. The zero-order valence-corrected chi connectivity index (χ0v) is 15.4. The van der Waals surface area contributed by atoms with Gasteiger partial charge in [0.05, 0.1) is 5.56 Å². The number of hydrogen-bond acceptors (Lipinski definition) is 3. The van der Waals surface area contributed by atoms with Gasteiger partial charge in [-0.15, -0.1) is 0 Å². The standard InChI is InChI=1S/C19H17ClN4O2/c1-18(2,3)24-9-10(8-21)15-16(24)23-14(25)7-19(15)12-6-11(20)4-5-13(12)22-17(19)26/h4-6,9H,7H2,1-3H3,(H,22,26)(H,23,25)/t19-/m0/s1. The zero-order chi connectivity index (χ0) is 18.9. The average molecular weight is 369 g/mol. The largest absolute Gasteiger partial charge is 0.328 e. The predicted molar refractivity (Wildman–Crippen MR) is 98.3 cm³/mol. The number of aromatic nitrogens is 1. The van der Waals surface area contributed by atoms with Gasteiger partial charge < -0.3 is 15.2 Å². The number of nitrogens with zero attached hydrogens (tertiary/aromatic N) is 2. The monoisotopic (exact) mass is 368 g/mol. The topological polar surface area (TPSA) is 86.9 Å². The van der Waals surface area contributed by atoms with E-state index in [4.69, 9.17) is 11.6 Å². The Labute approximate surface area is 155 Å². The Hall–Kier alpha value is -2.78. The maximum atomic E-state index is 13.1. The molecule has 0 saturated heterocycles. The molecule has 2 amide bonds. The van der Waals surface area contributed by atoms with Crippen molar-refractivity contribution in [3.63, 3.8) is 0 Å². The molecule has 0 unspecified atom stereocenters. The molecular formula is C19H17ClN4O2. The molecule has 26 heavy (non-hydrogen) atoms. The maximum absolute atomic E-state index is 13.1. The number of anilines is 2. The van der Waals surface area contributed by atoms with Crippen LogP contribution in [0.5, 0.6) is 0 Å². The Kier molecular flexibility index (Phi) is 3.28. The number of halogens is 1. The van der Waals surface area contributed by atoms with Crippen molar-refractivity contribution in [1.29, 1.82) is 5.26 Å². The van der Waals surface area contributed by atoms with E-state index < -0.39 is 5.41 Å². The maximum Gasteiger partial charge on any atom is 0.240 e. The van der Waals surface area contributed by atoms with Gasteiger partial charge in [0.2, 0.25) is 11.8 Å². The molecule has 0 radical (unpaired) electrons. The quantitative estimate of drug-likeness (QED) is 0.747. The summed E-state index contributed by atoms with van der Waals surface area (Å²) in [5.41, 5.74) is 0.532. The second-order valence-electron chi connectivity index (χ2n) is 7.69. The summed E-state index contributed by atoms with van der Waals surface area (Å²) in [6.45, 7) is 5.92. The summed E-state index contributed by atoms with van der Waals surface area (Å²) >= 11 is 6.18. The predicted octanol–water partition coefficient (Wildman–Crippen LogP) is 3.35. The smallest absolute Gasteiger partial charge is 0.240 e. The lowest BCUT2D eigenvalue weighted by Crippen LogP contribution is -2.44. The first-order valence-corrected chi connectivity index (χ1v) is 8.64. The van der Waals surface area contributed by atoms with Crippen molar-refractivity contribution >= 4 is 34.9 Å². The summed E-state index contributed by atoms with van der Waals surface area (Å²) in [4.78, 5) is 25.7. The number of rotatable bonds is 0. The van der Waals surface area contributed by atoms with Crippen molar-refractivity contribution in [2.45, 2.75) is 38.1 Å². The second-order valence-corrected chi connectivity index (χ2v) is 8.13. The van der Waals surface area contributed by atoms with Crippen molar-refractivity contribution < 1.29 is 9.59 Å². The minimum absolute atomic E-state index is 0.0674. The molecule has 0 fully saturated rings. The van der Waals surface area contributed by atoms with Crippen LogP contribution in [0.3, 0.4) is 0 Å². The van der Waals surface area contributed by atoms with Crippen LogP contribution in [0.15, 0.2) is 24.4 Å². The first kappa shape index (κ1) is 16.7. The Morgan fingerprint density at radius 2 is 2.00 bits per heavy atom. The molecule has 6 nitrogen and oxygen atoms in total. The molecule has 4 rings (SSSR count). The van der Waals surface area contributed by atoms with Crippen molar-refractivity contribution in [1.82, 2.24) is 4.57 Å². The third-order valence-electron chi connectivity index (χ3n) is 5.04. The number of carbonyl (C=O) groups excluding carboxylic acids is 2. The summed E-state index contributed by atoms with van der Waals surface area (Å²) in [6.07, 6.45) is 1.63. The fourth-order valence-electron chi connectivity index (χ4n) is 3.93. The van der Waals surface area contributed by atoms with E-state index in [0.29, 0.717) is 33.2 Å². The number of fused-ring (bicyclic) bond motifs is 4. The average Bonchev–Trinajstić information content (AvgIpc) is 3.05. The van der Waals surface area contributed by atoms with Gasteiger partial charge in [-0.05, 0) is 44.5 Å². The van der Waals surface area contributed by atoms with Crippen LogP contribution in [-0.2, 0) is 20.5 Å². The van der Waals surface area contributed by atoms with Gasteiger partial charge in [0.15, 0.2) is 0 Å². The highest BCUT2D eigenvalue weighted by Crippen LogP contribution is 2.52. The van der Waals surface area contributed by atoms with Crippen LogP contribution in [0.25, 0.3) is 0 Å². The van der Waals surface area contributed by atoms with E-state index in [-0.39, 0.29) is 23.8 Å². The van der Waals surface area contributed by atoms with Gasteiger partial charge in [-0.3, -0.25) is 9.59 Å². The molecule has 132 valence electrons. The van der Waals surface area contributed by atoms with Crippen molar-refractivity contribution in [2.75, 3.05) is 10.6 Å². The molecule has 1 aromatic carbocycles. The summed E-state index contributed by atoms with van der Waals surface area (Å²) in [6, 6.07) is 7.31. The molecule has 0 aliphatic carbocycles. The van der Waals surface area contributed by atoms with Crippen LogP contribution in [0.2, 0.25) is 5.02 Å². The fraction of sp³-hybridized carbons (Fsp3) is 0.316. The van der Waals surface area contributed by atoms with Crippen LogP contribution in [0.1, 0.15) is 43.9 Å². The van der Waals surface area contributed by atoms with Crippen molar-refractivity contribution in [2.24, 2.45) is 0 Å². The van der Waals surface area contributed by atoms with Crippen LogP contribution in [-0.4, -0.2) is 16.4 Å². The van der Waals surface area contributed by atoms with E-state index in [1.165, 1.54) is 0 Å². The summed E-state index contributed by atoms with van der Waals surface area (Å²) in [5, 5.41) is 15.9. The highest BCUT2D eigenvalue weighted by molar-refractivity contribution is 6.31. The molecule has 1 atom stereocenters. The van der Waals surface area contributed by atoms with E-state index in [1.54, 1.807) is 24.4 Å². The van der Waals surface area contributed by atoms with Gasteiger partial charge in [-0.25, -0.2) is 0 Å². The minimum atomic E-state index is -1.25. The Morgan fingerprint density at radius 1 is 1.27 bits per heavy atom. The van der Waals surface area contributed by atoms with Crippen LogP contribution in [0.4, 0.5) is 11.5 Å². The van der Waals surface area contributed by atoms with Crippen LogP contribution in [0, 0.1) is 11.3 Å². The number of nitrogens with one attached hydrogen (secondary N) is 2. The van der Waals surface area contributed by atoms with E-state index >= 15 is 0 Å². The van der Waals surface area contributed by atoms with E-state index in [2.05, 4.69) is 16.7 Å². The first-order valence-electron chi connectivity index (χ1n) is 8.26. The van der Waals surface area contributed by atoms with Gasteiger partial charge >= 0.3 is 0 Å². The molecule has 0 bridgehead atoms. The van der Waals surface area contributed by atoms with E-state index in [1.807, 2.05) is 25.3 Å². The van der Waals surface area contributed by atoms with Gasteiger partial charge in [0, 0.05) is 34.4 Å². The molecule has 1 aromatic heterocycles. The lowest BCUT2D eigenvalue weighted by atomic mass is 9.70. The second kappa shape index (κ2) is 5.12. The first-order chi connectivity index (χ1) is 12.2. The summed E-state index contributed by atoms with van der Waals surface area (Å²) in [7, 11) is 0. The molecule has 7 heteroatoms. The summed E-state index contributed by atoms with van der Waals surface area (Å²) < 4.78 is 1.84. The molecule has 2 aliphatic heterocycles. The minimum Gasteiger partial charge on any atom is -0.328 e. The molecule has 2 aromatic rings. The molecule has 3 heterocycles. The lowest BCUT2D eigenvalue weighted by Gasteiger charge is -2.34. The third kappa shape index (κ3) is 2.04. The van der Waals surface area contributed by atoms with Gasteiger partial charge in [0.25, 0.3) is 0 Å². The Morgan fingerprint density at radius 3 is 2.65 bits per heavy atom. The molecular weight excluding hydrogens is 352 g/mol. The number of hydrogen-bond donors (Lipinski definition) is 2. The number of nitriles is 1. The van der Waals surface area contributed by atoms with Crippen molar-refractivity contribution in [3.05, 3.63) is 46.1 Å². The molecule has 1 spiro atoms. The number of carbonyl (C=O) groups is 2. The summed E-state index contributed by atoms with van der Waals surface area (Å²) in [5.74, 6) is -0.0872. The lowest BCUT2D eigenvalue weighted by molar-refractivity contribution is -0.125. The molecule has 2 N–H and O–H groups in total. The van der Waals surface area contributed by atoms with Crippen LogP contribution < -0.4 is 10.6 Å². The highest BCUT2D eigenvalue weighted by atomic mass is 35.5. The van der Waals surface area contributed by atoms with Crippen LogP contribution >= 0.6 is 11.6 Å². The van der Waals surface area contributed by atoms with Crippen molar-refractivity contribution in [3.8, 4) is 6.07 Å². The molecule has 2 aliphatic rings. The van der Waals surface area contributed by atoms with E-state index in [0.717, 1.165) is 0 Å². The third-order valence-corrected chi connectivity index (χ3v) is 5.27. The number of benzene rings is 1. The fourth-order valence-corrected chi connectivity index (χ4v) is 4.11. The Balaban J connectivity index is 2.12. The van der Waals surface area contributed by atoms with Gasteiger partial charge in [0.1, 0.15) is 17.3 Å². The van der Waals surface area contributed by atoms with E-state index in [9.17, 15) is 14.9 Å². The number of amides is 2.